The average Bonchev–Trinajstić information content (AvgIpc) is 2.68. The van der Waals surface area contributed by atoms with E-state index in [1.54, 1.807) is 5.56 Å². The summed E-state index contributed by atoms with van der Waals surface area (Å²) < 4.78 is 0. The Morgan fingerprint density at radius 3 is 2.04 bits per heavy atom. The van der Waals surface area contributed by atoms with Crippen molar-refractivity contribution < 1.29 is 0 Å². The third-order valence-electron chi connectivity index (χ3n) is 6.87. The molecule has 0 aliphatic heterocycles. The number of hydrogen-bond acceptors (Lipinski definition) is 1. The minimum Gasteiger partial charge on any atom is -0.198 e. The summed E-state index contributed by atoms with van der Waals surface area (Å²) in [6.45, 7) is 2.32. The highest BCUT2D eigenvalue weighted by Crippen LogP contribution is 2.37. The molecule has 0 aromatic heterocycles. The average molecular weight is 338 g/mol. The van der Waals surface area contributed by atoms with Gasteiger partial charge in [-0.25, -0.2) is 0 Å². The Kier molecular flexibility index (Phi) is 6.97. The van der Waals surface area contributed by atoms with Crippen LogP contribution >= 0.6 is 0 Å². The van der Waals surface area contributed by atoms with Crippen LogP contribution in [0.15, 0.2) is 24.3 Å². The largest absolute Gasteiger partial charge is 0.198 e. The fourth-order valence-electron chi connectivity index (χ4n) is 5.10. The molecule has 1 aromatic carbocycles. The molecule has 2 aliphatic carbocycles. The van der Waals surface area contributed by atoms with Crippen molar-refractivity contribution in [2.75, 3.05) is 0 Å². The molecule has 1 aromatic rings. The van der Waals surface area contributed by atoms with Crippen LogP contribution in [0.2, 0.25) is 0 Å². The molecule has 0 N–H and O–H groups in total. The molecular formula is C24H35N. The number of aryl methyl sites for hydroxylation is 1. The van der Waals surface area contributed by atoms with Crippen LogP contribution in [-0.4, -0.2) is 0 Å². The molecule has 1 heteroatoms. The Hall–Kier alpha value is -1.29. The summed E-state index contributed by atoms with van der Waals surface area (Å²) in [4.78, 5) is 0. The van der Waals surface area contributed by atoms with E-state index in [0.717, 1.165) is 30.6 Å². The third kappa shape index (κ3) is 5.34. The quantitative estimate of drug-likeness (QED) is 0.547. The van der Waals surface area contributed by atoms with Gasteiger partial charge in [-0.3, -0.25) is 0 Å². The van der Waals surface area contributed by atoms with Gasteiger partial charge in [0.25, 0.3) is 0 Å². The van der Waals surface area contributed by atoms with Crippen LogP contribution in [0, 0.1) is 29.1 Å². The van der Waals surface area contributed by atoms with E-state index in [4.69, 9.17) is 5.26 Å². The van der Waals surface area contributed by atoms with Crippen LogP contribution in [0.5, 0.6) is 0 Å². The van der Waals surface area contributed by atoms with Gasteiger partial charge < -0.3 is 0 Å². The lowest BCUT2D eigenvalue weighted by Gasteiger charge is -2.28. The molecule has 1 nitrogen and oxygen atoms in total. The van der Waals surface area contributed by atoms with Gasteiger partial charge in [-0.2, -0.15) is 5.26 Å². The molecule has 25 heavy (non-hydrogen) atoms. The lowest BCUT2D eigenvalue weighted by Crippen LogP contribution is -2.14. The van der Waals surface area contributed by atoms with Crippen LogP contribution < -0.4 is 0 Å². The van der Waals surface area contributed by atoms with Gasteiger partial charge in [0.15, 0.2) is 0 Å². The standard InChI is InChI=1S/C24H35N/c1-2-3-19-10-14-23(15-11-19)24-16-12-21(13-17-24)5-4-20-6-8-22(18-25)9-7-20/h12-13,16-17,19-20,22-23H,2-11,14-15H2,1H3/t19-,20-,22-,23-. The van der Waals surface area contributed by atoms with Crippen molar-refractivity contribution in [1.29, 1.82) is 5.26 Å². The summed E-state index contributed by atoms with van der Waals surface area (Å²) in [5, 5.41) is 9.01. The van der Waals surface area contributed by atoms with Crippen molar-refractivity contribution in [2.24, 2.45) is 17.8 Å². The van der Waals surface area contributed by atoms with Gasteiger partial charge in [0.2, 0.25) is 0 Å². The smallest absolute Gasteiger partial charge is 0.0655 e. The van der Waals surface area contributed by atoms with Gasteiger partial charge in [-0.15, -0.1) is 0 Å². The van der Waals surface area contributed by atoms with Gasteiger partial charge >= 0.3 is 0 Å². The molecule has 0 saturated heterocycles. The van der Waals surface area contributed by atoms with Crippen LogP contribution in [0.1, 0.15) is 94.6 Å². The zero-order valence-electron chi connectivity index (χ0n) is 16.1. The van der Waals surface area contributed by atoms with Crippen LogP contribution in [0.3, 0.4) is 0 Å². The molecule has 2 fully saturated rings. The first-order valence-electron chi connectivity index (χ1n) is 10.8. The predicted molar refractivity (Wildman–Crippen MR) is 105 cm³/mol. The van der Waals surface area contributed by atoms with Crippen molar-refractivity contribution >= 4 is 0 Å². The third-order valence-corrected chi connectivity index (χ3v) is 6.87. The summed E-state index contributed by atoms with van der Waals surface area (Å²) in [5.74, 6) is 2.99. The first kappa shape index (κ1) is 18.5. The molecule has 0 amide bonds. The van der Waals surface area contributed by atoms with Crippen LogP contribution in [-0.2, 0) is 6.42 Å². The highest BCUT2D eigenvalue weighted by atomic mass is 14.3. The van der Waals surface area contributed by atoms with Crippen molar-refractivity contribution in [3.05, 3.63) is 35.4 Å². The van der Waals surface area contributed by atoms with E-state index in [9.17, 15) is 0 Å². The molecular weight excluding hydrogens is 302 g/mol. The summed E-state index contributed by atoms with van der Waals surface area (Å²) >= 11 is 0. The SMILES string of the molecule is CCC[C@H]1CC[C@H](c2ccc(CC[C@H]3CC[C@H](C#N)CC3)cc2)CC1. The monoisotopic (exact) mass is 337 g/mol. The van der Waals surface area contributed by atoms with Gasteiger partial charge in [-0.1, -0.05) is 44.0 Å². The van der Waals surface area contributed by atoms with Gasteiger partial charge in [-0.05, 0) is 93.1 Å². The Labute approximate surface area is 154 Å². The minimum atomic E-state index is 0.336. The second-order valence-electron chi connectivity index (χ2n) is 8.63. The van der Waals surface area contributed by atoms with Gasteiger partial charge in [0.1, 0.15) is 0 Å². The lowest BCUT2D eigenvalue weighted by atomic mass is 9.77. The van der Waals surface area contributed by atoms with E-state index in [1.165, 1.54) is 69.8 Å². The highest BCUT2D eigenvalue weighted by Gasteiger charge is 2.22. The summed E-state index contributed by atoms with van der Waals surface area (Å²) in [6, 6.07) is 12.0. The molecule has 3 rings (SSSR count). The number of rotatable bonds is 6. The summed E-state index contributed by atoms with van der Waals surface area (Å²) in [5.41, 5.74) is 3.08. The van der Waals surface area contributed by atoms with Crippen molar-refractivity contribution in [3.8, 4) is 6.07 Å². The fraction of sp³-hybridized carbons (Fsp3) is 0.708. The molecule has 0 heterocycles. The number of benzene rings is 1. The fourth-order valence-corrected chi connectivity index (χ4v) is 5.10. The van der Waals surface area contributed by atoms with E-state index < -0.39 is 0 Å². The van der Waals surface area contributed by atoms with Crippen molar-refractivity contribution in [1.82, 2.24) is 0 Å². The van der Waals surface area contributed by atoms with Crippen molar-refractivity contribution in [3.63, 3.8) is 0 Å². The first-order valence-corrected chi connectivity index (χ1v) is 10.8. The Bertz CT molecular complexity index is 536. The van der Waals surface area contributed by atoms with E-state index in [0.29, 0.717) is 5.92 Å². The maximum atomic E-state index is 9.01. The Morgan fingerprint density at radius 1 is 0.840 bits per heavy atom. The number of nitriles is 1. The lowest BCUT2D eigenvalue weighted by molar-refractivity contribution is 0.300. The van der Waals surface area contributed by atoms with E-state index >= 15 is 0 Å². The molecule has 0 spiro atoms. The normalized spacial score (nSPS) is 29.9. The van der Waals surface area contributed by atoms with Crippen molar-refractivity contribution in [2.45, 2.75) is 89.9 Å². The minimum absolute atomic E-state index is 0.336. The topological polar surface area (TPSA) is 23.8 Å². The molecule has 0 bridgehead atoms. The second kappa shape index (κ2) is 9.42. The zero-order chi connectivity index (χ0) is 17.5. The van der Waals surface area contributed by atoms with Crippen LogP contribution in [0.4, 0.5) is 0 Å². The zero-order valence-corrected chi connectivity index (χ0v) is 16.1. The van der Waals surface area contributed by atoms with E-state index in [-0.39, 0.29) is 0 Å². The molecule has 0 radical (unpaired) electrons. The summed E-state index contributed by atoms with van der Waals surface area (Å²) in [7, 11) is 0. The van der Waals surface area contributed by atoms with Gasteiger partial charge in [0.05, 0.1) is 6.07 Å². The maximum absolute atomic E-state index is 9.01. The number of hydrogen-bond donors (Lipinski definition) is 0. The Balaban J connectivity index is 1.43. The maximum Gasteiger partial charge on any atom is 0.0655 e. The van der Waals surface area contributed by atoms with E-state index in [1.807, 2.05) is 0 Å². The van der Waals surface area contributed by atoms with Crippen LogP contribution in [0.25, 0.3) is 0 Å². The van der Waals surface area contributed by atoms with Gasteiger partial charge in [0, 0.05) is 5.92 Å². The summed E-state index contributed by atoms with van der Waals surface area (Å²) in [6.07, 6.45) is 15.7. The number of nitrogens with zero attached hydrogens (tertiary/aromatic N) is 1. The predicted octanol–water partition coefficient (Wildman–Crippen LogP) is 7.02. The molecule has 2 saturated carbocycles. The molecule has 2 aliphatic rings. The highest BCUT2D eigenvalue weighted by molar-refractivity contribution is 5.26. The second-order valence-corrected chi connectivity index (χ2v) is 8.63. The van der Waals surface area contributed by atoms with E-state index in [2.05, 4.69) is 37.3 Å². The Morgan fingerprint density at radius 2 is 1.44 bits per heavy atom. The molecule has 136 valence electrons. The first-order chi connectivity index (χ1) is 12.3. The molecule has 0 atom stereocenters. The molecule has 0 unspecified atom stereocenters.